The molecular formula is C15H24N2OS. The van der Waals surface area contributed by atoms with Gasteiger partial charge in [0, 0.05) is 6.04 Å². The Morgan fingerprint density at radius 2 is 2.11 bits per heavy atom. The lowest BCUT2D eigenvalue weighted by Gasteiger charge is -2.21. The molecule has 0 saturated carbocycles. The van der Waals surface area contributed by atoms with Gasteiger partial charge in [-0.1, -0.05) is 12.8 Å². The van der Waals surface area contributed by atoms with E-state index in [0.717, 1.165) is 19.5 Å². The van der Waals surface area contributed by atoms with Crippen LogP contribution in [0.3, 0.4) is 0 Å². The van der Waals surface area contributed by atoms with Crippen LogP contribution >= 0.6 is 11.3 Å². The van der Waals surface area contributed by atoms with E-state index in [1.807, 2.05) is 0 Å². The van der Waals surface area contributed by atoms with Crippen molar-refractivity contribution in [2.45, 2.75) is 45.1 Å². The Balaban J connectivity index is 1.70. The molecule has 4 heteroatoms. The van der Waals surface area contributed by atoms with Crippen LogP contribution in [0.15, 0.2) is 16.8 Å². The van der Waals surface area contributed by atoms with E-state index in [9.17, 15) is 4.79 Å². The Hall–Kier alpha value is -0.870. The zero-order valence-corrected chi connectivity index (χ0v) is 12.5. The summed E-state index contributed by atoms with van der Waals surface area (Å²) in [6, 6.07) is 2.34. The van der Waals surface area contributed by atoms with Crippen molar-refractivity contribution in [3.8, 4) is 0 Å². The second-order valence-electron chi connectivity index (χ2n) is 5.49. The van der Waals surface area contributed by atoms with Crippen molar-refractivity contribution in [3.05, 3.63) is 22.4 Å². The van der Waals surface area contributed by atoms with Gasteiger partial charge in [0.05, 0.1) is 6.54 Å². The second-order valence-corrected chi connectivity index (χ2v) is 6.27. The van der Waals surface area contributed by atoms with Crippen LogP contribution in [-0.2, 0) is 11.2 Å². The largest absolute Gasteiger partial charge is 0.352 e. The van der Waals surface area contributed by atoms with Gasteiger partial charge >= 0.3 is 0 Å². The normalized spacial score (nSPS) is 18.8. The highest BCUT2D eigenvalue weighted by Crippen LogP contribution is 2.10. The monoisotopic (exact) mass is 280 g/mol. The Morgan fingerprint density at radius 3 is 2.74 bits per heavy atom. The predicted octanol–water partition coefficient (Wildman–Crippen LogP) is 2.67. The minimum absolute atomic E-state index is 0.171. The molecule has 0 spiro atoms. The topological polar surface area (TPSA) is 32.3 Å². The molecule has 1 aromatic rings. The first-order chi connectivity index (χ1) is 9.24. The Labute approximate surface area is 120 Å². The van der Waals surface area contributed by atoms with Crippen molar-refractivity contribution in [1.82, 2.24) is 10.2 Å². The van der Waals surface area contributed by atoms with E-state index in [1.165, 1.54) is 31.2 Å². The van der Waals surface area contributed by atoms with Gasteiger partial charge in [-0.05, 0) is 61.7 Å². The van der Waals surface area contributed by atoms with Gasteiger partial charge in [-0.25, -0.2) is 0 Å². The van der Waals surface area contributed by atoms with Crippen molar-refractivity contribution in [2.24, 2.45) is 0 Å². The molecule has 0 aromatic carbocycles. The van der Waals surface area contributed by atoms with Crippen LogP contribution < -0.4 is 5.32 Å². The number of hydrogen-bond donors (Lipinski definition) is 1. The molecule has 1 aliphatic heterocycles. The summed E-state index contributed by atoms with van der Waals surface area (Å²) < 4.78 is 0. The minimum atomic E-state index is 0.171. The van der Waals surface area contributed by atoms with E-state index in [-0.39, 0.29) is 11.9 Å². The highest BCUT2D eigenvalue weighted by atomic mass is 32.1. The van der Waals surface area contributed by atoms with Gasteiger partial charge in [0.2, 0.25) is 5.91 Å². The molecule has 1 saturated heterocycles. The summed E-state index contributed by atoms with van der Waals surface area (Å²) in [5, 5.41) is 7.34. The van der Waals surface area contributed by atoms with Crippen LogP contribution in [0.4, 0.5) is 0 Å². The fourth-order valence-corrected chi connectivity index (χ4v) is 3.31. The SMILES string of the molecule is C[C@@H](Cc1ccsc1)NC(=O)CN1CCCCCC1. The number of carbonyl (C=O) groups is 1. The van der Waals surface area contributed by atoms with Gasteiger partial charge in [-0.3, -0.25) is 9.69 Å². The summed E-state index contributed by atoms with van der Waals surface area (Å²) in [5.74, 6) is 0.171. The number of likely N-dealkylation sites (tertiary alicyclic amines) is 1. The van der Waals surface area contributed by atoms with Crippen molar-refractivity contribution < 1.29 is 4.79 Å². The molecular weight excluding hydrogens is 256 g/mol. The molecule has 106 valence electrons. The fraction of sp³-hybridized carbons (Fsp3) is 0.667. The quantitative estimate of drug-likeness (QED) is 0.899. The summed E-state index contributed by atoms with van der Waals surface area (Å²) in [6.07, 6.45) is 6.02. The predicted molar refractivity (Wildman–Crippen MR) is 80.5 cm³/mol. The van der Waals surface area contributed by atoms with Gasteiger partial charge in [-0.15, -0.1) is 0 Å². The number of nitrogens with one attached hydrogen (secondary N) is 1. The van der Waals surface area contributed by atoms with E-state index in [4.69, 9.17) is 0 Å². The molecule has 0 bridgehead atoms. The molecule has 0 aliphatic carbocycles. The van der Waals surface area contributed by atoms with Crippen molar-refractivity contribution in [1.29, 1.82) is 0 Å². The molecule has 0 radical (unpaired) electrons. The van der Waals surface area contributed by atoms with Crippen molar-refractivity contribution >= 4 is 17.2 Å². The second kappa shape index (κ2) is 7.65. The van der Waals surface area contributed by atoms with E-state index < -0.39 is 0 Å². The molecule has 2 heterocycles. The van der Waals surface area contributed by atoms with Gasteiger partial charge in [-0.2, -0.15) is 11.3 Å². The van der Waals surface area contributed by atoms with Crippen molar-refractivity contribution in [2.75, 3.05) is 19.6 Å². The molecule has 1 aliphatic rings. The average Bonchev–Trinajstić information content (AvgIpc) is 2.72. The molecule has 1 aromatic heterocycles. The summed E-state index contributed by atoms with van der Waals surface area (Å²) in [4.78, 5) is 14.3. The number of hydrogen-bond acceptors (Lipinski definition) is 3. The minimum Gasteiger partial charge on any atom is -0.352 e. The number of amides is 1. The molecule has 2 rings (SSSR count). The van der Waals surface area contributed by atoms with Crippen molar-refractivity contribution in [3.63, 3.8) is 0 Å². The van der Waals surface area contributed by atoms with Crippen LogP contribution in [-0.4, -0.2) is 36.5 Å². The third kappa shape index (κ3) is 5.33. The summed E-state index contributed by atoms with van der Waals surface area (Å²) in [6.45, 7) is 4.80. The maximum Gasteiger partial charge on any atom is 0.234 e. The number of nitrogens with zero attached hydrogens (tertiary/aromatic N) is 1. The molecule has 1 N–H and O–H groups in total. The first kappa shape index (κ1) is 14.5. The Morgan fingerprint density at radius 1 is 1.37 bits per heavy atom. The van der Waals surface area contributed by atoms with Gasteiger partial charge in [0.15, 0.2) is 0 Å². The fourth-order valence-electron chi connectivity index (χ4n) is 2.63. The third-order valence-corrected chi connectivity index (χ3v) is 4.33. The smallest absolute Gasteiger partial charge is 0.234 e. The Kier molecular flexibility index (Phi) is 5.86. The van der Waals surface area contributed by atoms with E-state index >= 15 is 0 Å². The molecule has 3 nitrogen and oxygen atoms in total. The van der Waals surface area contributed by atoms with Crippen LogP contribution in [0.1, 0.15) is 38.2 Å². The molecule has 1 atom stereocenters. The highest BCUT2D eigenvalue weighted by Gasteiger charge is 2.14. The molecule has 1 amide bonds. The lowest BCUT2D eigenvalue weighted by Crippen LogP contribution is -2.42. The first-order valence-corrected chi connectivity index (χ1v) is 8.21. The van der Waals surface area contributed by atoms with Gasteiger partial charge in [0.25, 0.3) is 0 Å². The van der Waals surface area contributed by atoms with E-state index in [0.29, 0.717) is 6.54 Å². The van der Waals surface area contributed by atoms with Crippen LogP contribution in [0.25, 0.3) is 0 Å². The Bertz CT molecular complexity index is 370. The van der Waals surface area contributed by atoms with Crippen LogP contribution in [0.2, 0.25) is 0 Å². The lowest BCUT2D eigenvalue weighted by molar-refractivity contribution is -0.122. The first-order valence-electron chi connectivity index (χ1n) is 7.27. The number of thiophene rings is 1. The molecule has 0 unspecified atom stereocenters. The van der Waals surface area contributed by atoms with E-state index in [2.05, 4.69) is 34.0 Å². The van der Waals surface area contributed by atoms with Gasteiger partial charge in [0.1, 0.15) is 0 Å². The number of rotatable bonds is 5. The zero-order chi connectivity index (χ0) is 13.5. The average molecular weight is 280 g/mol. The number of carbonyl (C=O) groups excluding carboxylic acids is 1. The maximum absolute atomic E-state index is 12.0. The zero-order valence-electron chi connectivity index (χ0n) is 11.7. The summed E-state index contributed by atoms with van der Waals surface area (Å²) in [5.41, 5.74) is 1.31. The van der Waals surface area contributed by atoms with Crippen LogP contribution in [0.5, 0.6) is 0 Å². The lowest BCUT2D eigenvalue weighted by atomic mass is 10.1. The maximum atomic E-state index is 12.0. The summed E-state index contributed by atoms with van der Waals surface area (Å²) >= 11 is 1.71. The van der Waals surface area contributed by atoms with E-state index in [1.54, 1.807) is 11.3 Å². The highest BCUT2D eigenvalue weighted by molar-refractivity contribution is 7.07. The molecule has 1 fully saturated rings. The van der Waals surface area contributed by atoms with Gasteiger partial charge < -0.3 is 5.32 Å². The molecule has 19 heavy (non-hydrogen) atoms. The standard InChI is InChI=1S/C15H24N2OS/c1-13(10-14-6-9-19-12-14)16-15(18)11-17-7-4-2-3-5-8-17/h6,9,12-13H,2-5,7-8,10-11H2,1H3,(H,16,18)/t13-/m0/s1. The summed E-state index contributed by atoms with van der Waals surface area (Å²) in [7, 11) is 0. The third-order valence-electron chi connectivity index (χ3n) is 3.60. The van der Waals surface area contributed by atoms with Crippen LogP contribution in [0, 0.1) is 0 Å².